The lowest BCUT2D eigenvalue weighted by Crippen LogP contribution is -2.48. The van der Waals surface area contributed by atoms with E-state index in [9.17, 15) is 20.6 Å². The SMILES string of the molecule is COc1ccc(C2CC3(CC(c4ccc(OC)cc4)C2(C#N)C#N)C(C#N)=C(N)Oc2[nH]c(=O)sc23)cc1. The Balaban J connectivity index is 1.81. The second-order valence-corrected chi connectivity index (χ2v) is 10.3. The Hall–Kier alpha value is -4.72. The van der Waals surface area contributed by atoms with Crippen LogP contribution in [0, 0.1) is 39.4 Å². The van der Waals surface area contributed by atoms with E-state index in [0.717, 1.165) is 22.5 Å². The summed E-state index contributed by atoms with van der Waals surface area (Å²) in [4.78, 5) is 15.4. The van der Waals surface area contributed by atoms with Crippen molar-refractivity contribution in [2.75, 3.05) is 14.2 Å². The number of nitrogens with two attached hydrogens (primary N) is 1. The minimum absolute atomic E-state index is 0.0996. The van der Waals surface area contributed by atoms with Gasteiger partial charge in [-0.25, -0.2) is 0 Å². The lowest BCUT2D eigenvalue weighted by molar-refractivity contribution is 0.168. The van der Waals surface area contributed by atoms with Gasteiger partial charge < -0.3 is 19.9 Å². The molecule has 38 heavy (non-hydrogen) atoms. The smallest absolute Gasteiger partial charge is 0.307 e. The van der Waals surface area contributed by atoms with Crippen molar-refractivity contribution in [1.82, 2.24) is 4.98 Å². The molecule has 1 fully saturated rings. The van der Waals surface area contributed by atoms with Crippen LogP contribution in [0.3, 0.4) is 0 Å². The van der Waals surface area contributed by atoms with E-state index in [1.807, 2.05) is 24.3 Å². The van der Waals surface area contributed by atoms with Crippen LogP contribution >= 0.6 is 11.3 Å². The highest BCUT2D eigenvalue weighted by Crippen LogP contribution is 2.64. The monoisotopic (exact) mass is 525 g/mol. The zero-order valence-electron chi connectivity index (χ0n) is 20.6. The zero-order chi connectivity index (χ0) is 27.1. The molecule has 2 atom stereocenters. The summed E-state index contributed by atoms with van der Waals surface area (Å²) < 4.78 is 16.3. The maximum atomic E-state index is 12.5. The molecule has 1 spiro atoms. The Morgan fingerprint density at radius 3 is 1.87 bits per heavy atom. The maximum Gasteiger partial charge on any atom is 0.307 e. The highest BCUT2D eigenvalue weighted by molar-refractivity contribution is 7.09. The minimum atomic E-state index is -1.50. The molecule has 1 aliphatic heterocycles. The second-order valence-electron chi connectivity index (χ2n) is 9.36. The largest absolute Gasteiger partial charge is 0.497 e. The first-order chi connectivity index (χ1) is 18.3. The van der Waals surface area contributed by atoms with Gasteiger partial charge in [-0.1, -0.05) is 35.6 Å². The number of ether oxygens (including phenoxy) is 3. The van der Waals surface area contributed by atoms with Crippen molar-refractivity contribution in [1.29, 1.82) is 15.8 Å². The fraction of sp³-hybridized carbons (Fsp3) is 0.286. The van der Waals surface area contributed by atoms with Gasteiger partial charge in [-0.3, -0.25) is 9.78 Å². The molecule has 2 unspecified atom stereocenters. The molecule has 1 saturated carbocycles. The molecule has 0 amide bonds. The number of thiazole rings is 1. The third-order valence-corrected chi connectivity index (χ3v) is 8.78. The number of benzene rings is 2. The van der Waals surface area contributed by atoms with E-state index in [4.69, 9.17) is 19.9 Å². The fourth-order valence-electron chi connectivity index (χ4n) is 5.88. The Morgan fingerprint density at radius 2 is 1.45 bits per heavy atom. The second kappa shape index (κ2) is 9.30. The molecule has 0 saturated heterocycles. The van der Waals surface area contributed by atoms with E-state index in [1.54, 1.807) is 38.5 Å². The highest BCUT2D eigenvalue weighted by Gasteiger charge is 2.61. The van der Waals surface area contributed by atoms with Gasteiger partial charge in [-0.2, -0.15) is 15.8 Å². The van der Waals surface area contributed by atoms with Crippen LogP contribution in [0.2, 0.25) is 0 Å². The van der Waals surface area contributed by atoms with Gasteiger partial charge >= 0.3 is 4.87 Å². The van der Waals surface area contributed by atoms with Crippen LogP contribution in [0.4, 0.5) is 0 Å². The Bertz CT molecular complexity index is 1530. The average Bonchev–Trinajstić information content (AvgIpc) is 3.33. The topological polar surface area (TPSA) is 158 Å². The summed E-state index contributed by atoms with van der Waals surface area (Å²) in [5.41, 5.74) is 5.34. The van der Waals surface area contributed by atoms with Crippen LogP contribution < -0.4 is 24.8 Å². The molecule has 3 N–H and O–H groups in total. The van der Waals surface area contributed by atoms with Gasteiger partial charge in [0, 0.05) is 11.8 Å². The van der Waals surface area contributed by atoms with Crippen LogP contribution in [0.5, 0.6) is 17.4 Å². The molecule has 10 heteroatoms. The number of hydrogen-bond acceptors (Lipinski definition) is 9. The number of rotatable bonds is 4. The van der Waals surface area contributed by atoms with E-state index < -0.39 is 22.7 Å². The first-order valence-electron chi connectivity index (χ1n) is 11.8. The fourth-order valence-corrected chi connectivity index (χ4v) is 6.86. The average molecular weight is 526 g/mol. The number of nitrogens with zero attached hydrogens (tertiary/aromatic N) is 3. The van der Waals surface area contributed by atoms with Crippen molar-refractivity contribution >= 4 is 11.3 Å². The lowest BCUT2D eigenvalue weighted by Gasteiger charge is -2.51. The summed E-state index contributed by atoms with van der Waals surface area (Å²) >= 11 is 0.956. The minimum Gasteiger partial charge on any atom is -0.497 e. The third-order valence-electron chi connectivity index (χ3n) is 7.71. The third kappa shape index (κ3) is 3.60. The molecule has 0 radical (unpaired) electrons. The molecular weight excluding hydrogens is 502 g/mol. The van der Waals surface area contributed by atoms with Crippen LogP contribution in [0.15, 0.2) is 64.8 Å². The van der Waals surface area contributed by atoms with E-state index in [0.29, 0.717) is 16.4 Å². The molecule has 190 valence electrons. The number of methoxy groups -OCH3 is 2. The van der Waals surface area contributed by atoms with Crippen molar-refractivity contribution in [3.8, 4) is 35.6 Å². The zero-order valence-corrected chi connectivity index (χ0v) is 21.5. The van der Waals surface area contributed by atoms with Crippen molar-refractivity contribution in [3.05, 3.63) is 85.7 Å². The predicted octanol–water partition coefficient (Wildman–Crippen LogP) is 4.17. The van der Waals surface area contributed by atoms with Gasteiger partial charge in [0.05, 0.1) is 36.7 Å². The van der Waals surface area contributed by atoms with Crippen molar-refractivity contribution < 1.29 is 14.2 Å². The first-order valence-corrected chi connectivity index (χ1v) is 12.6. The van der Waals surface area contributed by atoms with Crippen molar-refractivity contribution in [2.45, 2.75) is 30.1 Å². The summed E-state index contributed by atoms with van der Waals surface area (Å²) in [6.45, 7) is 0. The highest BCUT2D eigenvalue weighted by atomic mass is 32.1. The number of aromatic amines is 1. The molecule has 2 aromatic carbocycles. The van der Waals surface area contributed by atoms with Crippen LogP contribution in [0.25, 0.3) is 0 Å². The van der Waals surface area contributed by atoms with Crippen LogP contribution in [-0.4, -0.2) is 19.2 Å². The van der Waals surface area contributed by atoms with Crippen molar-refractivity contribution in [3.63, 3.8) is 0 Å². The molecule has 5 rings (SSSR count). The Kier molecular flexibility index (Phi) is 6.11. The summed E-state index contributed by atoms with van der Waals surface area (Å²) in [6.07, 6.45) is 0.391. The number of allylic oxidation sites excluding steroid dienone is 1. The molecule has 2 heterocycles. The van der Waals surface area contributed by atoms with Crippen LogP contribution in [-0.2, 0) is 5.41 Å². The number of nitrogens with one attached hydrogen (secondary N) is 1. The Morgan fingerprint density at radius 1 is 0.947 bits per heavy atom. The summed E-state index contributed by atoms with van der Waals surface area (Å²) in [7, 11) is 3.12. The maximum absolute atomic E-state index is 12.5. The van der Waals surface area contributed by atoms with E-state index >= 15 is 0 Å². The van der Waals surface area contributed by atoms with Crippen LogP contribution in [0.1, 0.15) is 40.7 Å². The lowest BCUT2D eigenvalue weighted by atomic mass is 9.49. The first kappa shape index (κ1) is 25.0. The molecule has 0 bridgehead atoms. The van der Waals surface area contributed by atoms with Gasteiger partial charge in [0.25, 0.3) is 0 Å². The van der Waals surface area contributed by atoms with E-state index in [-0.39, 0.29) is 35.1 Å². The molecule has 9 nitrogen and oxygen atoms in total. The van der Waals surface area contributed by atoms with Gasteiger partial charge in [-0.15, -0.1) is 0 Å². The van der Waals surface area contributed by atoms with E-state index in [2.05, 4.69) is 23.2 Å². The van der Waals surface area contributed by atoms with Crippen molar-refractivity contribution in [2.24, 2.45) is 11.1 Å². The number of nitriles is 3. The van der Waals surface area contributed by atoms with Gasteiger partial charge in [0.2, 0.25) is 11.8 Å². The number of fused-ring (bicyclic) bond motifs is 2. The number of H-pyrrole nitrogens is 1. The summed E-state index contributed by atoms with van der Waals surface area (Å²) in [5, 5.41) is 31.6. The van der Waals surface area contributed by atoms with Gasteiger partial charge in [0.1, 0.15) is 23.1 Å². The molecule has 2 aliphatic rings. The summed E-state index contributed by atoms with van der Waals surface area (Å²) in [6, 6.07) is 21.4. The number of aromatic nitrogens is 1. The normalized spacial score (nSPS) is 23.3. The van der Waals surface area contributed by atoms with Gasteiger partial charge in [0.15, 0.2) is 5.41 Å². The molecular formula is C28H23N5O4S. The Labute approximate surface area is 222 Å². The predicted molar refractivity (Wildman–Crippen MR) is 138 cm³/mol. The molecule has 3 aromatic rings. The number of hydrogen-bond donors (Lipinski definition) is 2. The van der Waals surface area contributed by atoms with Gasteiger partial charge in [-0.05, 0) is 48.2 Å². The van der Waals surface area contributed by atoms with E-state index in [1.165, 1.54) is 0 Å². The molecule has 1 aromatic heterocycles. The molecule has 1 aliphatic carbocycles. The standard InChI is InChI=1S/C28H23N5O4S/c1-35-18-7-3-16(4-8-18)20-11-27(22(13-29)24(32)37-25-23(27)38-26(34)33-25)12-21(28(20,14-30)15-31)17-5-9-19(36-2)10-6-17/h3-10,20-21H,11-12,32H2,1-2H3,(H,33,34). The quantitative estimate of drug-likeness (QED) is 0.513. The summed E-state index contributed by atoms with van der Waals surface area (Å²) in [5.74, 6) is 0.0542.